The third-order valence-electron chi connectivity index (χ3n) is 5.26. The fourth-order valence-electron chi connectivity index (χ4n) is 3.82. The maximum absolute atomic E-state index is 12.1. The number of carbonyl (C=O) groups excluding carboxylic acids is 1. The summed E-state index contributed by atoms with van der Waals surface area (Å²) in [5.41, 5.74) is 4.96. The fraction of sp³-hybridized carbons (Fsp3) is 0.458. The summed E-state index contributed by atoms with van der Waals surface area (Å²) in [6.45, 7) is 3.15. The second-order valence-corrected chi connectivity index (χ2v) is 7.38. The molecule has 0 amide bonds. The number of aryl methyl sites for hydroxylation is 1. The minimum atomic E-state index is -0.225. The van der Waals surface area contributed by atoms with E-state index in [0.29, 0.717) is 6.61 Å². The van der Waals surface area contributed by atoms with E-state index >= 15 is 0 Å². The van der Waals surface area contributed by atoms with Crippen molar-refractivity contribution >= 4 is 11.5 Å². The number of allylic oxidation sites excluding steroid dienone is 1. The van der Waals surface area contributed by atoms with Gasteiger partial charge in [0.2, 0.25) is 0 Å². The molecule has 1 heterocycles. The van der Waals surface area contributed by atoms with Crippen molar-refractivity contribution in [3.05, 3.63) is 65.5 Å². The Bertz CT molecular complexity index is 758. The lowest BCUT2D eigenvalue weighted by molar-refractivity contribution is -0.137. The average Bonchev–Trinajstić information content (AvgIpc) is 3.06. The van der Waals surface area contributed by atoms with Crippen molar-refractivity contribution in [2.75, 3.05) is 6.61 Å². The highest BCUT2D eigenvalue weighted by Gasteiger charge is 2.13. The van der Waals surface area contributed by atoms with Gasteiger partial charge in [0.1, 0.15) is 0 Å². The van der Waals surface area contributed by atoms with E-state index in [1.165, 1.54) is 48.9 Å². The standard InChI is InChI=1S/C24H31NO2/c1-2-27-24(26)17-21-14-10-5-3-4-6-11-15-23-16-22(21)19-25(23)18-20-12-8-7-9-13-20/h7-9,12-13,16-17,19H,2-6,10-11,14-15,18H2,1H3/b21-17+. The van der Waals surface area contributed by atoms with Gasteiger partial charge in [-0.1, -0.05) is 56.0 Å². The molecule has 0 spiro atoms. The number of hydrogen-bond donors (Lipinski definition) is 0. The largest absolute Gasteiger partial charge is 0.463 e. The van der Waals surface area contributed by atoms with Crippen LogP contribution in [0.15, 0.2) is 48.7 Å². The Morgan fingerprint density at radius 2 is 1.74 bits per heavy atom. The Kier molecular flexibility index (Phi) is 7.32. The first-order chi connectivity index (χ1) is 13.3. The molecule has 0 aliphatic heterocycles. The number of rotatable bonds is 4. The van der Waals surface area contributed by atoms with Crippen molar-refractivity contribution in [2.45, 2.75) is 64.8 Å². The zero-order valence-corrected chi connectivity index (χ0v) is 16.5. The number of esters is 1. The molecule has 1 aromatic heterocycles. The third kappa shape index (κ3) is 5.85. The van der Waals surface area contributed by atoms with Crippen molar-refractivity contribution in [3.8, 4) is 0 Å². The summed E-state index contributed by atoms with van der Waals surface area (Å²) in [6.07, 6.45) is 13.5. The molecule has 0 saturated heterocycles. The molecule has 144 valence electrons. The Morgan fingerprint density at radius 1 is 1.04 bits per heavy atom. The molecule has 0 saturated carbocycles. The number of aromatic nitrogens is 1. The molecule has 2 bridgehead atoms. The molecule has 3 rings (SSSR count). The van der Waals surface area contributed by atoms with Gasteiger partial charge < -0.3 is 9.30 Å². The normalized spacial score (nSPS) is 17.1. The minimum absolute atomic E-state index is 0.225. The van der Waals surface area contributed by atoms with Gasteiger partial charge in [0.25, 0.3) is 0 Å². The van der Waals surface area contributed by atoms with Crippen molar-refractivity contribution in [3.63, 3.8) is 0 Å². The highest BCUT2D eigenvalue weighted by molar-refractivity contribution is 5.91. The first kappa shape index (κ1) is 19.5. The molecule has 0 fully saturated rings. The number of carbonyl (C=O) groups is 1. The first-order valence-corrected chi connectivity index (χ1v) is 10.4. The SMILES string of the molecule is CCOC(=O)/C=C1\CCCCCCCCc2cc1cn2Cc1ccccc1. The summed E-state index contributed by atoms with van der Waals surface area (Å²) < 4.78 is 7.53. The minimum Gasteiger partial charge on any atom is -0.463 e. The van der Waals surface area contributed by atoms with Crippen molar-refractivity contribution in [1.29, 1.82) is 0 Å². The van der Waals surface area contributed by atoms with Crippen LogP contribution >= 0.6 is 0 Å². The van der Waals surface area contributed by atoms with Crippen LogP contribution in [0.25, 0.3) is 5.57 Å². The Balaban J connectivity index is 1.91. The third-order valence-corrected chi connectivity index (χ3v) is 5.26. The van der Waals surface area contributed by atoms with Gasteiger partial charge in [-0.2, -0.15) is 0 Å². The van der Waals surface area contributed by atoms with Crippen LogP contribution in [0.1, 0.15) is 68.7 Å². The molecule has 0 radical (unpaired) electrons. The van der Waals surface area contributed by atoms with Crippen LogP contribution in [0, 0.1) is 0 Å². The van der Waals surface area contributed by atoms with Crippen molar-refractivity contribution in [1.82, 2.24) is 4.57 Å². The van der Waals surface area contributed by atoms with Gasteiger partial charge >= 0.3 is 5.97 Å². The van der Waals surface area contributed by atoms with E-state index in [-0.39, 0.29) is 5.97 Å². The molecule has 3 heteroatoms. The van der Waals surface area contributed by atoms with Crippen LogP contribution in [0.4, 0.5) is 0 Å². The van der Waals surface area contributed by atoms with Crippen LogP contribution in [0.2, 0.25) is 0 Å². The zero-order valence-electron chi connectivity index (χ0n) is 16.5. The highest BCUT2D eigenvalue weighted by atomic mass is 16.5. The second kappa shape index (κ2) is 10.1. The lowest BCUT2D eigenvalue weighted by atomic mass is 9.98. The van der Waals surface area contributed by atoms with E-state index in [1.807, 2.05) is 6.92 Å². The summed E-state index contributed by atoms with van der Waals surface area (Å²) in [4.78, 5) is 12.1. The highest BCUT2D eigenvalue weighted by Crippen LogP contribution is 2.27. The van der Waals surface area contributed by atoms with Gasteiger partial charge in [-0.05, 0) is 55.4 Å². The molecule has 1 aliphatic rings. The molecular formula is C24H31NO2. The summed E-state index contributed by atoms with van der Waals surface area (Å²) >= 11 is 0. The second-order valence-electron chi connectivity index (χ2n) is 7.38. The van der Waals surface area contributed by atoms with Gasteiger partial charge in [-0.15, -0.1) is 0 Å². The smallest absolute Gasteiger partial charge is 0.331 e. The van der Waals surface area contributed by atoms with Crippen LogP contribution < -0.4 is 0 Å². The van der Waals surface area contributed by atoms with Crippen LogP contribution in [0.3, 0.4) is 0 Å². The number of benzene rings is 1. The van der Waals surface area contributed by atoms with Gasteiger partial charge in [0.05, 0.1) is 6.61 Å². The maximum Gasteiger partial charge on any atom is 0.331 e. The summed E-state index contributed by atoms with van der Waals surface area (Å²) in [7, 11) is 0. The Hall–Kier alpha value is -2.29. The van der Waals surface area contributed by atoms with E-state index in [9.17, 15) is 4.79 Å². The van der Waals surface area contributed by atoms with E-state index in [0.717, 1.165) is 31.4 Å². The summed E-state index contributed by atoms with van der Waals surface area (Å²) in [5.74, 6) is -0.225. The quantitative estimate of drug-likeness (QED) is 0.509. The summed E-state index contributed by atoms with van der Waals surface area (Å²) in [6, 6.07) is 12.9. The van der Waals surface area contributed by atoms with Gasteiger partial charge in [-0.25, -0.2) is 4.79 Å². The molecule has 3 nitrogen and oxygen atoms in total. The van der Waals surface area contributed by atoms with E-state index in [1.54, 1.807) is 6.08 Å². The van der Waals surface area contributed by atoms with E-state index in [4.69, 9.17) is 4.74 Å². The molecule has 0 unspecified atom stereocenters. The van der Waals surface area contributed by atoms with Crippen molar-refractivity contribution in [2.24, 2.45) is 0 Å². The van der Waals surface area contributed by atoms with Crippen molar-refractivity contribution < 1.29 is 9.53 Å². The Labute approximate surface area is 163 Å². The fourth-order valence-corrected chi connectivity index (χ4v) is 3.82. The van der Waals surface area contributed by atoms with Gasteiger partial charge in [0.15, 0.2) is 0 Å². The van der Waals surface area contributed by atoms with E-state index in [2.05, 4.69) is 47.2 Å². The van der Waals surface area contributed by atoms with Crippen LogP contribution in [0.5, 0.6) is 0 Å². The van der Waals surface area contributed by atoms with Crippen LogP contribution in [-0.4, -0.2) is 17.1 Å². The predicted molar refractivity (Wildman–Crippen MR) is 111 cm³/mol. The average molecular weight is 366 g/mol. The Morgan fingerprint density at radius 3 is 2.48 bits per heavy atom. The summed E-state index contributed by atoms with van der Waals surface area (Å²) in [5, 5.41) is 0. The van der Waals surface area contributed by atoms with Crippen LogP contribution in [-0.2, 0) is 22.5 Å². The number of ether oxygens (including phenoxy) is 1. The lowest BCUT2D eigenvalue weighted by Gasteiger charge is -2.09. The number of nitrogens with zero attached hydrogens (tertiary/aromatic N) is 1. The number of fused-ring (bicyclic) bond motifs is 2. The molecule has 0 atom stereocenters. The van der Waals surface area contributed by atoms with Gasteiger partial charge in [-0.3, -0.25) is 0 Å². The monoisotopic (exact) mass is 365 g/mol. The topological polar surface area (TPSA) is 31.2 Å². The molecule has 2 aromatic rings. The molecule has 0 N–H and O–H groups in total. The van der Waals surface area contributed by atoms with E-state index < -0.39 is 0 Å². The first-order valence-electron chi connectivity index (χ1n) is 10.4. The lowest BCUT2D eigenvalue weighted by Crippen LogP contribution is -2.03. The molecular weight excluding hydrogens is 334 g/mol. The number of hydrogen-bond acceptors (Lipinski definition) is 2. The molecule has 1 aromatic carbocycles. The van der Waals surface area contributed by atoms with Gasteiger partial charge in [0, 0.05) is 24.5 Å². The zero-order chi connectivity index (χ0) is 18.9. The molecule has 27 heavy (non-hydrogen) atoms. The predicted octanol–water partition coefficient (Wildman–Crippen LogP) is 5.77. The maximum atomic E-state index is 12.1. The molecule has 1 aliphatic carbocycles.